The van der Waals surface area contributed by atoms with Gasteiger partial charge in [-0.05, 0) is 87.8 Å². The minimum Gasteiger partial charge on any atom is -0.0801 e. The van der Waals surface area contributed by atoms with Gasteiger partial charge >= 0.3 is 0 Å². The smallest absolute Gasteiger partial charge is 0.0670 e. The van der Waals surface area contributed by atoms with E-state index in [2.05, 4.69) is 139 Å². The highest BCUT2D eigenvalue weighted by molar-refractivity contribution is 5.65. The maximum absolute atomic E-state index is 2.42. The molecule has 0 saturated carbocycles. The molecule has 0 fully saturated rings. The van der Waals surface area contributed by atoms with Crippen molar-refractivity contribution >= 4 is 0 Å². The number of aryl methyl sites for hydroxylation is 6. The van der Waals surface area contributed by atoms with Crippen LogP contribution in [0.4, 0.5) is 0 Å². The predicted molar refractivity (Wildman–Crippen MR) is 159 cm³/mol. The van der Waals surface area contributed by atoms with E-state index in [-0.39, 0.29) is 5.41 Å². The molecule has 0 nitrogen and oxygen atoms in total. The fraction of sp³-hybridized carbons (Fsp3) is 0.243. The first-order valence-electron chi connectivity index (χ1n) is 13.4. The van der Waals surface area contributed by atoms with Gasteiger partial charge in [0.05, 0.1) is 5.41 Å². The van der Waals surface area contributed by atoms with E-state index in [0.29, 0.717) is 0 Å². The van der Waals surface area contributed by atoms with E-state index >= 15 is 0 Å². The molecule has 0 aromatic heterocycles. The normalized spacial score (nSPS) is 13.5. The zero-order chi connectivity index (χ0) is 26.2. The summed E-state index contributed by atoms with van der Waals surface area (Å²) in [5.41, 5.74) is 15.9. The SMILES string of the molecule is Cc1cc(C)cc(C(C2=C(Cc3ccccc3)C=CC2)(c2cc(C)cc(C)c2)c2cc(C)cc(C)c2)c1. The maximum atomic E-state index is 2.42. The zero-order valence-electron chi connectivity index (χ0n) is 23.2. The quantitative estimate of drug-likeness (QED) is 0.240. The van der Waals surface area contributed by atoms with E-state index in [0.717, 1.165) is 12.8 Å². The first kappa shape index (κ1) is 25.0. The van der Waals surface area contributed by atoms with Gasteiger partial charge < -0.3 is 0 Å². The molecule has 4 aromatic rings. The molecule has 0 radical (unpaired) electrons. The van der Waals surface area contributed by atoms with Crippen LogP contribution in [0.5, 0.6) is 0 Å². The lowest BCUT2D eigenvalue weighted by Gasteiger charge is -2.40. The van der Waals surface area contributed by atoms with Crippen molar-refractivity contribution < 1.29 is 0 Å². The molecule has 0 bridgehead atoms. The van der Waals surface area contributed by atoms with Crippen LogP contribution >= 0.6 is 0 Å². The van der Waals surface area contributed by atoms with E-state index in [1.807, 2.05) is 0 Å². The Morgan fingerprint density at radius 3 is 1.35 bits per heavy atom. The van der Waals surface area contributed by atoms with Crippen LogP contribution in [-0.4, -0.2) is 0 Å². The summed E-state index contributed by atoms with van der Waals surface area (Å²) in [5.74, 6) is 0. The van der Waals surface area contributed by atoms with Gasteiger partial charge in [-0.1, -0.05) is 130 Å². The van der Waals surface area contributed by atoms with E-state index in [9.17, 15) is 0 Å². The number of rotatable bonds is 6. The van der Waals surface area contributed by atoms with Crippen LogP contribution in [0.1, 0.15) is 62.1 Å². The van der Waals surface area contributed by atoms with Crippen LogP contribution in [-0.2, 0) is 11.8 Å². The molecule has 0 aliphatic heterocycles. The van der Waals surface area contributed by atoms with Crippen LogP contribution in [0.3, 0.4) is 0 Å². The topological polar surface area (TPSA) is 0 Å². The maximum Gasteiger partial charge on any atom is 0.0670 e. The number of hydrogen-bond donors (Lipinski definition) is 0. The molecule has 0 spiro atoms. The summed E-state index contributed by atoms with van der Waals surface area (Å²) in [7, 11) is 0. The van der Waals surface area contributed by atoms with E-state index < -0.39 is 0 Å². The summed E-state index contributed by atoms with van der Waals surface area (Å²) < 4.78 is 0. The highest BCUT2D eigenvalue weighted by Gasteiger charge is 2.42. The summed E-state index contributed by atoms with van der Waals surface area (Å²) in [6, 6.07) is 32.3. The minimum absolute atomic E-state index is 0.377. The summed E-state index contributed by atoms with van der Waals surface area (Å²) in [6.45, 7) is 13.4. The minimum atomic E-state index is -0.377. The van der Waals surface area contributed by atoms with Gasteiger partial charge in [-0.25, -0.2) is 0 Å². The molecule has 0 saturated heterocycles. The van der Waals surface area contributed by atoms with Gasteiger partial charge in [0.15, 0.2) is 0 Å². The van der Waals surface area contributed by atoms with Crippen molar-refractivity contribution in [2.45, 2.75) is 59.8 Å². The lowest BCUT2D eigenvalue weighted by molar-refractivity contribution is 0.697. The molecule has 0 atom stereocenters. The lowest BCUT2D eigenvalue weighted by atomic mass is 9.62. The second-order valence-electron chi connectivity index (χ2n) is 11.2. The van der Waals surface area contributed by atoms with E-state index in [4.69, 9.17) is 0 Å². The first-order chi connectivity index (χ1) is 17.8. The second kappa shape index (κ2) is 10.0. The molecule has 0 unspecified atom stereocenters. The predicted octanol–water partition coefficient (Wildman–Crippen LogP) is 9.37. The Morgan fingerprint density at radius 2 is 0.946 bits per heavy atom. The Balaban J connectivity index is 1.93. The molecular weight excluding hydrogens is 444 g/mol. The van der Waals surface area contributed by atoms with Crippen molar-refractivity contribution in [2.75, 3.05) is 0 Å². The average Bonchev–Trinajstić information content (AvgIpc) is 3.27. The van der Waals surface area contributed by atoms with Crippen molar-refractivity contribution in [3.63, 3.8) is 0 Å². The third kappa shape index (κ3) is 4.86. The molecule has 0 heteroatoms. The summed E-state index contributed by atoms with van der Waals surface area (Å²) in [6.07, 6.45) is 6.64. The van der Waals surface area contributed by atoms with Gasteiger partial charge in [-0.2, -0.15) is 0 Å². The van der Waals surface area contributed by atoms with Gasteiger partial charge in [0.1, 0.15) is 0 Å². The van der Waals surface area contributed by atoms with E-state index in [1.54, 1.807) is 0 Å². The Hall–Kier alpha value is -3.64. The van der Waals surface area contributed by atoms with Crippen LogP contribution in [0, 0.1) is 41.5 Å². The summed E-state index contributed by atoms with van der Waals surface area (Å²) in [4.78, 5) is 0. The Morgan fingerprint density at radius 1 is 0.541 bits per heavy atom. The Kier molecular flexibility index (Phi) is 6.78. The molecule has 37 heavy (non-hydrogen) atoms. The highest BCUT2D eigenvalue weighted by atomic mass is 14.4. The van der Waals surface area contributed by atoms with Crippen LogP contribution in [0.15, 0.2) is 108 Å². The van der Waals surface area contributed by atoms with Crippen molar-refractivity contribution in [3.05, 3.63) is 164 Å². The molecule has 4 aromatic carbocycles. The third-order valence-electron chi connectivity index (χ3n) is 7.68. The molecule has 0 amide bonds. The van der Waals surface area contributed by atoms with Gasteiger partial charge in [-0.15, -0.1) is 0 Å². The number of benzene rings is 4. The van der Waals surface area contributed by atoms with Crippen molar-refractivity contribution in [2.24, 2.45) is 0 Å². The Labute approximate surface area is 223 Å². The van der Waals surface area contributed by atoms with Gasteiger partial charge in [0.25, 0.3) is 0 Å². The molecule has 186 valence electrons. The number of allylic oxidation sites excluding steroid dienone is 4. The highest BCUT2D eigenvalue weighted by Crippen LogP contribution is 2.51. The van der Waals surface area contributed by atoms with Crippen LogP contribution in [0.25, 0.3) is 0 Å². The fourth-order valence-corrected chi connectivity index (χ4v) is 6.52. The average molecular weight is 483 g/mol. The van der Waals surface area contributed by atoms with Crippen molar-refractivity contribution in [3.8, 4) is 0 Å². The fourth-order valence-electron chi connectivity index (χ4n) is 6.52. The Bertz CT molecular complexity index is 1330. The van der Waals surface area contributed by atoms with Gasteiger partial charge in [-0.3, -0.25) is 0 Å². The molecule has 5 rings (SSSR count). The van der Waals surface area contributed by atoms with Crippen LogP contribution < -0.4 is 0 Å². The molecule has 1 aliphatic rings. The van der Waals surface area contributed by atoms with Gasteiger partial charge in [0, 0.05) is 0 Å². The standard InChI is InChI=1S/C37H38/c1-25-15-26(2)19-33(18-25)37(34-20-27(3)16-28(4)21-34,35-22-29(5)17-30(6)23-35)36-14-10-13-32(36)24-31-11-8-7-9-12-31/h7-13,15-23H,14,24H2,1-6H3. The van der Waals surface area contributed by atoms with Crippen molar-refractivity contribution in [1.29, 1.82) is 0 Å². The summed E-state index contributed by atoms with van der Waals surface area (Å²) >= 11 is 0. The van der Waals surface area contributed by atoms with Crippen LogP contribution in [0.2, 0.25) is 0 Å². The largest absolute Gasteiger partial charge is 0.0801 e. The van der Waals surface area contributed by atoms with Crippen molar-refractivity contribution in [1.82, 2.24) is 0 Å². The summed E-state index contributed by atoms with van der Waals surface area (Å²) in [5, 5.41) is 0. The third-order valence-corrected chi connectivity index (χ3v) is 7.68. The number of hydrogen-bond acceptors (Lipinski definition) is 0. The second-order valence-corrected chi connectivity index (χ2v) is 11.2. The van der Waals surface area contributed by atoms with E-state index in [1.165, 1.54) is 66.8 Å². The first-order valence-corrected chi connectivity index (χ1v) is 13.4. The monoisotopic (exact) mass is 482 g/mol. The lowest BCUT2D eigenvalue weighted by Crippen LogP contribution is -2.33. The van der Waals surface area contributed by atoms with Gasteiger partial charge in [0.2, 0.25) is 0 Å². The molecule has 0 heterocycles. The molecular formula is C37H38. The molecule has 0 N–H and O–H groups in total. The molecule has 1 aliphatic carbocycles. The zero-order valence-corrected chi connectivity index (χ0v) is 23.2.